The average Bonchev–Trinajstić information content (AvgIpc) is 2.76. The maximum Gasteiger partial charge on any atom is 0.472 e. The van der Waals surface area contributed by atoms with E-state index >= 15 is 0 Å². The number of hydrogen-bond acceptors (Lipinski definition) is 8. The van der Waals surface area contributed by atoms with Gasteiger partial charge >= 0.3 is 19.8 Å². The van der Waals surface area contributed by atoms with Gasteiger partial charge in [-0.1, -0.05) is 30.3 Å². The Morgan fingerprint density at radius 2 is 1.85 bits per heavy atom. The summed E-state index contributed by atoms with van der Waals surface area (Å²) >= 11 is 0. The number of phosphoric ester groups is 1. The SMILES string of the molecule is Cc1cccc(Oc2ccccc2CCC(=O)OCCCOP(=O)(O)OC[C@H](N)C(=O)O)c1. The topological polar surface area (TPSA) is 155 Å². The Hall–Kier alpha value is -2.75. The molecule has 0 saturated carbocycles. The fourth-order valence-electron chi connectivity index (χ4n) is 2.63. The molecule has 0 aliphatic rings. The van der Waals surface area contributed by atoms with Crippen molar-refractivity contribution in [2.24, 2.45) is 5.73 Å². The first-order chi connectivity index (χ1) is 15.7. The highest BCUT2D eigenvalue weighted by Crippen LogP contribution is 2.43. The second-order valence-electron chi connectivity index (χ2n) is 7.14. The number of carboxylic acid groups (broad SMARTS) is 1. The molecule has 1 unspecified atom stereocenters. The first kappa shape index (κ1) is 26.5. The molecule has 0 amide bonds. The Morgan fingerprint density at radius 1 is 1.09 bits per heavy atom. The Bertz CT molecular complexity index is 982. The molecule has 0 heterocycles. The fraction of sp³-hybridized carbons (Fsp3) is 0.364. The molecule has 2 atom stereocenters. The lowest BCUT2D eigenvalue weighted by molar-refractivity contribution is -0.143. The average molecular weight is 481 g/mol. The Kier molecular flexibility index (Phi) is 10.5. The van der Waals surface area contributed by atoms with Crippen molar-refractivity contribution >= 4 is 19.8 Å². The lowest BCUT2D eigenvalue weighted by Gasteiger charge is -2.14. The van der Waals surface area contributed by atoms with E-state index in [1.54, 1.807) is 0 Å². The van der Waals surface area contributed by atoms with Gasteiger partial charge in [0.2, 0.25) is 0 Å². The van der Waals surface area contributed by atoms with Crippen LogP contribution in [0, 0.1) is 6.92 Å². The first-order valence-electron chi connectivity index (χ1n) is 10.2. The van der Waals surface area contributed by atoms with Gasteiger partial charge in [0.1, 0.15) is 17.5 Å². The third-order valence-electron chi connectivity index (χ3n) is 4.33. The van der Waals surface area contributed by atoms with Gasteiger partial charge in [-0.25, -0.2) is 4.57 Å². The van der Waals surface area contributed by atoms with Gasteiger partial charge in [0.15, 0.2) is 0 Å². The number of carboxylic acids is 1. The quantitative estimate of drug-likeness (QED) is 0.208. The van der Waals surface area contributed by atoms with Crippen LogP contribution in [0.3, 0.4) is 0 Å². The molecule has 0 saturated heterocycles. The number of ether oxygens (including phenoxy) is 2. The highest BCUT2D eigenvalue weighted by molar-refractivity contribution is 7.47. The van der Waals surface area contributed by atoms with Gasteiger partial charge in [0.25, 0.3) is 0 Å². The molecule has 4 N–H and O–H groups in total. The van der Waals surface area contributed by atoms with E-state index in [9.17, 15) is 19.0 Å². The Labute approximate surface area is 191 Å². The number of carbonyl (C=O) groups excluding carboxylic acids is 1. The number of para-hydroxylation sites is 1. The van der Waals surface area contributed by atoms with Crippen LogP contribution in [0.4, 0.5) is 0 Å². The van der Waals surface area contributed by atoms with Gasteiger partial charge in [0, 0.05) is 12.8 Å². The van der Waals surface area contributed by atoms with Crippen LogP contribution in [0.2, 0.25) is 0 Å². The van der Waals surface area contributed by atoms with E-state index in [2.05, 4.69) is 9.05 Å². The largest absolute Gasteiger partial charge is 0.480 e. The fourth-order valence-corrected chi connectivity index (χ4v) is 3.42. The highest BCUT2D eigenvalue weighted by Gasteiger charge is 2.24. The van der Waals surface area contributed by atoms with Crippen molar-refractivity contribution in [1.29, 1.82) is 0 Å². The summed E-state index contributed by atoms with van der Waals surface area (Å²) in [7, 11) is -4.44. The van der Waals surface area contributed by atoms with E-state index in [1.165, 1.54) is 0 Å². The summed E-state index contributed by atoms with van der Waals surface area (Å²) < 4.78 is 31.9. The van der Waals surface area contributed by atoms with E-state index < -0.39 is 32.4 Å². The minimum atomic E-state index is -4.44. The maximum atomic E-state index is 12.0. The Balaban J connectivity index is 1.70. The predicted molar refractivity (Wildman–Crippen MR) is 119 cm³/mol. The van der Waals surface area contributed by atoms with Gasteiger partial charge in [-0.15, -0.1) is 0 Å². The van der Waals surface area contributed by atoms with Crippen molar-refractivity contribution < 1.29 is 42.7 Å². The maximum absolute atomic E-state index is 12.0. The van der Waals surface area contributed by atoms with E-state index in [0.717, 1.165) is 11.1 Å². The number of phosphoric acid groups is 1. The van der Waals surface area contributed by atoms with Crippen molar-refractivity contribution in [3.05, 3.63) is 59.7 Å². The molecular weight excluding hydrogens is 453 g/mol. The normalized spacial score (nSPS) is 13.7. The highest BCUT2D eigenvalue weighted by atomic mass is 31.2. The van der Waals surface area contributed by atoms with Gasteiger partial charge in [-0.05, 0) is 42.7 Å². The number of nitrogens with two attached hydrogens (primary N) is 1. The summed E-state index contributed by atoms with van der Waals surface area (Å²) in [5.74, 6) is -0.437. The van der Waals surface area contributed by atoms with Crippen molar-refractivity contribution in [1.82, 2.24) is 0 Å². The van der Waals surface area contributed by atoms with Crippen molar-refractivity contribution in [2.75, 3.05) is 19.8 Å². The summed E-state index contributed by atoms with van der Waals surface area (Å²) in [6, 6.07) is 13.6. The van der Waals surface area contributed by atoms with E-state index in [4.69, 9.17) is 20.3 Å². The number of rotatable bonds is 14. The predicted octanol–water partition coefficient (Wildman–Crippen LogP) is 3.20. The zero-order valence-electron chi connectivity index (χ0n) is 18.2. The minimum Gasteiger partial charge on any atom is -0.480 e. The van der Waals surface area contributed by atoms with Crippen LogP contribution in [0.15, 0.2) is 48.5 Å². The first-order valence-corrected chi connectivity index (χ1v) is 11.7. The summed E-state index contributed by atoms with van der Waals surface area (Å²) in [6.45, 7) is 1.06. The summed E-state index contributed by atoms with van der Waals surface area (Å²) in [4.78, 5) is 32.0. The molecule has 2 aromatic rings. The van der Waals surface area contributed by atoms with Gasteiger partial charge in [-0.2, -0.15) is 0 Å². The molecule has 2 rings (SSSR count). The number of esters is 1. The molecule has 180 valence electrons. The molecule has 0 fully saturated rings. The molecule has 0 aliphatic carbocycles. The molecule has 0 radical (unpaired) electrons. The van der Waals surface area contributed by atoms with Crippen LogP contribution in [-0.2, 0) is 34.4 Å². The third-order valence-corrected chi connectivity index (χ3v) is 5.31. The number of carbonyl (C=O) groups is 2. The van der Waals surface area contributed by atoms with Crippen molar-refractivity contribution in [2.45, 2.75) is 32.2 Å². The molecule has 0 bridgehead atoms. The third kappa shape index (κ3) is 10.2. The number of aryl methyl sites for hydroxylation is 2. The van der Waals surface area contributed by atoms with E-state index in [-0.39, 0.29) is 26.1 Å². The molecule has 10 nitrogen and oxygen atoms in total. The number of hydrogen-bond donors (Lipinski definition) is 3. The smallest absolute Gasteiger partial charge is 0.472 e. The standard InChI is InChI=1S/C22H28NO9P/c1-16-6-4-8-18(14-16)32-20-9-3-2-7-17(20)10-11-21(24)29-12-5-13-30-33(27,28)31-15-19(23)22(25)26/h2-4,6-9,14,19H,5,10-13,15,23H2,1H3,(H,25,26)(H,27,28)/t19-/m0/s1. The van der Waals surface area contributed by atoms with Crippen molar-refractivity contribution in [3.8, 4) is 11.5 Å². The van der Waals surface area contributed by atoms with Crippen molar-refractivity contribution in [3.63, 3.8) is 0 Å². The summed E-state index contributed by atoms with van der Waals surface area (Å²) in [5.41, 5.74) is 7.11. The molecule has 0 aromatic heterocycles. The lowest BCUT2D eigenvalue weighted by Crippen LogP contribution is -2.34. The van der Waals surface area contributed by atoms with Gasteiger partial charge in [0.05, 0.1) is 19.8 Å². The van der Waals surface area contributed by atoms with Crippen LogP contribution >= 0.6 is 7.82 Å². The Morgan fingerprint density at radius 3 is 2.58 bits per heavy atom. The van der Waals surface area contributed by atoms with Crippen LogP contribution in [0.5, 0.6) is 11.5 Å². The van der Waals surface area contributed by atoms with Gasteiger partial charge in [-0.3, -0.25) is 18.6 Å². The zero-order chi connectivity index (χ0) is 24.3. The van der Waals surface area contributed by atoms with E-state index in [0.29, 0.717) is 17.9 Å². The minimum absolute atomic E-state index is 0.0189. The van der Waals surface area contributed by atoms with Crippen LogP contribution in [0.1, 0.15) is 24.0 Å². The zero-order valence-corrected chi connectivity index (χ0v) is 19.1. The monoisotopic (exact) mass is 481 g/mol. The molecular formula is C22H28NO9P. The van der Waals surface area contributed by atoms with Crippen LogP contribution < -0.4 is 10.5 Å². The summed E-state index contributed by atoms with van der Waals surface area (Å²) in [6.07, 6.45) is 0.697. The van der Waals surface area contributed by atoms with Gasteiger partial charge < -0.3 is 25.2 Å². The van der Waals surface area contributed by atoms with E-state index in [1.807, 2.05) is 55.5 Å². The second kappa shape index (κ2) is 13.1. The number of aliphatic carboxylic acids is 1. The molecule has 33 heavy (non-hydrogen) atoms. The molecule has 0 aliphatic heterocycles. The van der Waals surface area contributed by atoms with Crippen LogP contribution in [-0.4, -0.2) is 47.8 Å². The second-order valence-corrected chi connectivity index (χ2v) is 8.60. The summed E-state index contributed by atoms with van der Waals surface area (Å²) in [5, 5.41) is 8.61. The number of benzene rings is 2. The molecule has 11 heteroatoms. The molecule has 0 spiro atoms. The molecule has 2 aromatic carbocycles. The lowest BCUT2D eigenvalue weighted by atomic mass is 10.1. The van der Waals surface area contributed by atoms with Crippen LogP contribution in [0.25, 0.3) is 0 Å².